The lowest BCUT2D eigenvalue weighted by Gasteiger charge is -2.14. The topological polar surface area (TPSA) is 75.7 Å². The lowest BCUT2D eigenvalue weighted by atomic mass is 10.1. The maximum atomic E-state index is 12.3. The number of hydrogen-bond acceptors (Lipinski definition) is 4. The van der Waals surface area contributed by atoms with Crippen molar-refractivity contribution in [3.63, 3.8) is 0 Å². The van der Waals surface area contributed by atoms with Gasteiger partial charge in [-0.1, -0.05) is 24.3 Å². The summed E-state index contributed by atoms with van der Waals surface area (Å²) >= 11 is 0. The van der Waals surface area contributed by atoms with Crippen LogP contribution in [0.15, 0.2) is 48.5 Å². The predicted octanol–water partition coefficient (Wildman–Crippen LogP) is 2.39. The number of rotatable bonds is 6. The first-order chi connectivity index (χ1) is 12.5. The lowest BCUT2D eigenvalue weighted by molar-refractivity contribution is -0.121. The summed E-state index contributed by atoms with van der Waals surface area (Å²) in [6.45, 7) is 3.92. The summed E-state index contributed by atoms with van der Waals surface area (Å²) in [5.41, 5.74) is 1.58. The van der Waals surface area contributed by atoms with Crippen LogP contribution in [-0.2, 0) is 11.3 Å². The van der Waals surface area contributed by atoms with E-state index in [1.54, 1.807) is 24.3 Å². The summed E-state index contributed by atoms with van der Waals surface area (Å²) in [4.78, 5) is 37.6. The van der Waals surface area contributed by atoms with Crippen molar-refractivity contribution in [2.24, 2.45) is 0 Å². The Bertz CT molecular complexity index is 808. The first-order valence-corrected chi connectivity index (χ1v) is 8.43. The molecule has 6 heteroatoms. The second-order valence-corrected chi connectivity index (χ2v) is 6.33. The molecule has 26 heavy (non-hydrogen) atoms. The molecule has 6 nitrogen and oxygen atoms in total. The first kappa shape index (κ1) is 17.7. The summed E-state index contributed by atoms with van der Waals surface area (Å²) in [6.07, 6.45) is 0.0974. The Labute approximate surface area is 151 Å². The van der Waals surface area contributed by atoms with Crippen molar-refractivity contribution in [1.29, 1.82) is 0 Å². The standard InChI is InChI=1S/C20H20N2O4/c1-13(2)26-15-9-7-14(8-10-15)11-21-18(23)12-22-19(24)16-5-3-4-6-17(16)20(22)25/h3-10,13H,11-12H2,1-2H3,(H,21,23). The van der Waals surface area contributed by atoms with E-state index >= 15 is 0 Å². The van der Waals surface area contributed by atoms with Gasteiger partial charge >= 0.3 is 0 Å². The van der Waals surface area contributed by atoms with Gasteiger partial charge in [-0.3, -0.25) is 19.3 Å². The molecular weight excluding hydrogens is 332 g/mol. The van der Waals surface area contributed by atoms with Gasteiger partial charge in [0.2, 0.25) is 5.91 Å². The summed E-state index contributed by atoms with van der Waals surface area (Å²) < 4.78 is 5.57. The van der Waals surface area contributed by atoms with E-state index in [0.717, 1.165) is 16.2 Å². The Kier molecular flexibility index (Phi) is 5.02. The number of imide groups is 1. The number of amides is 3. The van der Waals surface area contributed by atoms with Gasteiger partial charge in [0.15, 0.2) is 0 Å². The molecule has 0 atom stereocenters. The Morgan fingerprint density at radius 3 is 2.12 bits per heavy atom. The summed E-state index contributed by atoms with van der Waals surface area (Å²) in [6, 6.07) is 14.0. The fraction of sp³-hybridized carbons (Fsp3) is 0.250. The fourth-order valence-corrected chi connectivity index (χ4v) is 2.74. The average molecular weight is 352 g/mol. The van der Waals surface area contributed by atoms with Crippen molar-refractivity contribution in [3.05, 3.63) is 65.2 Å². The minimum absolute atomic E-state index is 0.0974. The van der Waals surface area contributed by atoms with Crippen LogP contribution in [0.3, 0.4) is 0 Å². The summed E-state index contributed by atoms with van der Waals surface area (Å²) in [5, 5.41) is 2.73. The number of hydrogen-bond donors (Lipinski definition) is 1. The second kappa shape index (κ2) is 7.39. The van der Waals surface area contributed by atoms with Gasteiger partial charge in [-0.2, -0.15) is 0 Å². The van der Waals surface area contributed by atoms with Crippen LogP contribution in [0.25, 0.3) is 0 Å². The van der Waals surface area contributed by atoms with E-state index in [1.807, 2.05) is 38.1 Å². The Balaban J connectivity index is 1.55. The minimum Gasteiger partial charge on any atom is -0.491 e. The van der Waals surface area contributed by atoms with Crippen LogP contribution >= 0.6 is 0 Å². The van der Waals surface area contributed by atoms with E-state index in [0.29, 0.717) is 17.7 Å². The van der Waals surface area contributed by atoms with Gasteiger partial charge in [-0.25, -0.2) is 0 Å². The van der Waals surface area contributed by atoms with E-state index in [1.165, 1.54) is 0 Å². The summed E-state index contributed by atoms with van der Waals surface area (Å²) in [5.74, 6) is -0.491. The first-order valence-electron chi connectivity index (χ1n) is 8.43. The zero-order chi connectivity index (χ0) is 18.7. The van der Waals surface area contributed by atoms with Crippen LogP contribution in [0.5, 0.6) is 5.75 Å². The van der Waals surface area contributed by atoms with Crippen molar-refractivity contribution in [2.45, 2.75) is 26.5 Å². The fourth-order valence-electron chi connectivity index (χ4n) is 2.74. The monoisotopic (exact) mass is 352 g/mol. The summed E-state index contributed by atoms with van der Waals surface area (Å²) in [7, 11) is 0. The number of nitrogens with one attached hydrogen (secondary N) is 1. The maximum absolute atomic E-state index is 12.3. The Morgan fingerprint density at radius 2 is 1.58 bits per heavy atom. The molecule has 0 aliphatic carbocycles. The molecular formula is C20H20N2O4. The van der Waals surface area contributed by atoms with Crippen LogP contribution in [0, 0.1) is 0 Å². The third-order valence-corrected chi connectivity index (χ3v) is 3.96. The molecule has 0 unspecified atom stereocenters. The number of nitrogens with zero attached hydrogens (tertiary/aromatic N) is 1. The molecule has 3 amide bonds. The quantitative estimate of drug-likeness (QED) is 0.810. The zero-order valence-corrected chi connectivity index (χ0v) is 14.7. The smallest absolute Gasteiger partial charge is 0.262 e. The van der Waals surface area contributed by atoms with E-state index in [4.69, 9.17) is 4.74 Å². The highest BCUT2D eigenvalue weighted by Crippen LogP contribution is 2.22. The molecule has 3 rings (SSSR count). The Morgan fingerprint density at radius 1 is 1.00 bits per heavy atom. The van der Waals surface area contributed by atoms with E-state index in [9.17, 15) is 14.4 Å². The number of carbonyl (C=O) groups is 3. The molecule has 0 radical (unpaired) electrons. The third-order valence-electron chi connectivity index (χ3n) is 3.96. The van der Waals surface area contributed by atoms with Gasteiger partial charge in [-0.05, 0) is 43.7 Å². The van der Waals surface area contributed by atoms with Crippen molar-refractivity contribution in [1.82, 2.24) is 10.2 Å². The molecule has 0 spiro atoms. The molecule has 1 N–H and O–H groups in total. The number of benzene rings is 2. The molecule has 0 fully saturated rings. The van der Waals surface area contributed by atoms with Gasteiger partial charge in [-0.15, -0.1) is 0 Å². The highest BCUT2D eigenvalue weighted by Gasteiger charge is 2.36. The minimum atomic E-state index is -0.434. The second-order valence-electron chi connectivity index (χ2n) is 6.33. The molecule has 0 bridgehead atoms. The van der Waals surface area contributed by atoms with E-state index < -0.39 is 11.8 Å². The maximum Gasteiger partial charge on any atom is 0.262 e. The molecule has 0 aromatic heterocycles. The normalized spacial score (nSPS) is 13.1. The molecule has 1 aliphatic heterocycles. The number of fused-ring (bicyclic) bond motifs is 1. The van der Waals surface area contributed by atoms with Crippen LogP contribution < -0.4 is 10.1 Å². The van der Waals surface area contributed by atoms with Crippen LogP contribution in [0.2, 0.25) is 0 Å². The van der Waals surface area contributed by atoms with Crippen molar-refractivity contribution in [3.8, 4) is 5.75 Å². The zero-order valence-electron chi connectivity index (χ0n) is 14.7. The molecule has 2 aromatic carbocycles. The highest BCUT2D eigenvalue weighted by atomic mass is 16.5. The predicted molar refractivity (Wildman–Crippen MR) is 95.9 cm³/mol. The third kappa shape index (κ3) is 3.74. The van der Waals surface area contributed by atoms with E-state index in [-0.39, 0.29) is 18.6 Å². The van der Waals surface area contributed by atoms with E-state index in [2.05, 4.69) is 5.32 Å². The molecule has 2 aromatic rings. The average Bonchev–Trinajstić information content (AvgIpc) is 2.86. The molecule has 134 valence electrons. The lowest BCUT2D eigenvalue weighted by Crippen LogP contribution is -2.40. The Hall–Kier alpha value is -3.15. The number of carbonyl (C=O) groups excluding carboxylic acids is 3. The highest BCUT2D eigenvalue weighted by molar-refractivity contribution is 6.22. The van der Waals surface area contributed by atoms with Gasteiger partial charge in [0.05, 0.1) is 17.2 Å². The SMILES string of the molecule is CC(C)Oc1ccc(CNC(=O)CN2C(=O)c3ccccc3C2=O)cc1. The van der Waals surface area contributed by atoms with Crippen molar-refractivity contribution in [2.75, 3.05) is 6.54 Å². The van der Waals surface area contributed by atoms with Crippen LogP contribution in [0.1, 0.15) is 40.1 Å². The van der Waals surface area contributed by atoms with Crippen molar-refractivity contribution < 1.29 is 19.1 Å². The molecule has 1 aliphatic rings. The largest absolute Gasteiger partial charge is 0.491 e. The van der Waals surface area contributed by atoms with Gasteiger partial charge < -0.3 is 10.1 Å². The molecule has 0 saturated heterocycles. The number of ether oxygens (including phenoxy) is 1. The van der Waals surface area contributed by atoms with Crippen LogP contribution in [-0.4, -0.2) is 35.3 Å². The van der Waals surface area contributed by atoms with Crippen LogP contribution in [0.4, 0.5) is 0 Å². The van der Waals surface area contributed by atoms with Gasteiger partial charge in [0, 0.05) is 6.54 Å². The molecule has 1 heterocycles. The van der Waals surface area contributed by atoms with Crippen molar-refractivity contribution >= 4 is 17.7 Å². The van der Waals surface area contributed by atoms with Gasteiger partial charge in [0.25, 0.3) is 11.8 Å². The molecule has 0 saturated carbocycles. The van der Waals surface area contributed by atoms with Gasteiger partial charge in [0.1, 0.15) is 12.3 Å².